The molecule has 4 atom stereocenters. The predicted molar refractivity (Wildman–Crippen MR) is 123 cm³/mol. The molecule has 2 N–H and O–H groups in total. The summed E-state index contributed by atoms with van der Waals surface area (Å²) in [6.45, 7) is 9.80. The Balaban J connectivity index is 1.79. The van der Waals surface area contributed by atoms with Crippen LogP contribution in [0.4, 0.5) is 0 Å². The summed E-state index contributed by atoms with van der Waals surface area (Å²) in [5.74, 6) is -0.0575. The lowest BCUT2D eigenvalue weighted by Crippen LogP contribution is -2.59. The van der Waals surface area contributed by atoms with Crippen molar-refractivity contribution in [1.82, 2.24) is 15.5 Å². The van der Waals surface area contributed by atoms with Crippen LogP contribution in [0.25, 0.3) is 0 Å². The van der Waals surface area contributed by atoms with Crippen LogP contribution < -0.4 is 10.6 Å². The highest BCUT2D eigenvalue weighted by atomic mass is 35.5. The van der Waals surface area contributed by atoms with Gasteiger partial charge in [-0.15, -0.1) is 0 Å². The molecule has 2 fully saturated rings. The van der Waals surface area contributed by atoms with Crippen LogP contribution in [0.2, 0.25) is 5.02 Å². The van der Waals surface area contributed by atoms with E-state index in [4.69, 9.17) is 16.3 Å². The third-order valence-electron chi connectivity index (χ3n) is 6.20. The van der Waals surface area contributed by atoms with E-state index in [1.807, 2.05) is 45.0 Å². The summed E-state index contributed by atoms with van der Waals surface area (Å²) in [5.41, 5.74) is 0.391. The number of halogens is 1. The molecule has 2 saturated heterocycles. The Bertz CT molecular complexity index is 774. The first-order valence-electron chi connectivity index (χ1n) is 11.4. The highest BCUT2D eigenvalue weighted by Crippen LogP contribution is 2.32. The van der Waals surface area contributed by atoms with Gasteiger partial charge in [0.15, 0.2) is 0 Å². The molecule has 0 aliphatic carbocycles. The van der Waals surface area contributed by atoms with Crippen LogP contribution in [0.3, 0.4) is 0 Å². The van der Waals surface area contributed by atoms with Crippen molar-refractivity contribution in [3.05, 3.63) is 34.9 Å². The summed E-state index contributed by atoms with van der Waals surface area (Å²) in [5, 5.41) is 7.20. The Morgan fingerprint density at radius 3 is 2.71 bits per heavy atom. The molecule has 2 aliphatic heterocycles. The number of hydrogen-bond acceptors (Lipinski definition) is 5. The molecule has 7 heteroatoms. The number of amides is 1. The number of nitrogens with one attached hydrogen (secondary N) is 2. The lowest BCUT2D eigenvalue weighted by Gasteiger charge is -2.37. The predicted octanol–water partition coefficient (Wildman–Crippen LogP) is 3.52. The summed E-state index contributed by atoms with van der Waals surface area (Å²) in [7, 11) is 0. The molecule has 31 heavy (non-hydrogen) atoms. The van der Waals surface area contributed by atoms with Crippen LogP contribution in [-0.4, -0.2) is 53.6 Å². The molecular formula is C24H36ClN3O3. The van der Waals surface area contributed by atoms with Crippen molar-refractivity contribution >= 4 is 23.5 Å². The normalized spacial score (nSPS) is 25.4. The maximum absolute atomic E-state index is 13.4. The third-order valence-corrected chi connectivity index (χ3v) is 6.43. The highest BCUT2D eigenvalue weighted by Gasteiger charge is 2.48. The molecule has 0 spiro atoms. The van der Waals surface area contributed by atoms with E-state index < -0.39 is 11.6 Å². The number of esters is 1. The first-order valence-corrected chi connectivity index (χ1v) is 11.8. The largest absolute Gasteiger partial charge is 0.459 e. The minimum atomic E-state index is -0.567. The van der Waals surface area contributed by atoms with Gasteiger partial charge in [-0.1, -0.05) is 37.1 Å². The summed E-state index contributed by atoms with van der Waals surface area (Å²) in [6.07, 6.45) is 3.73. The van der Waals surface area contributed by atoms with Gasteiger partial charge < -0.3 is 15.4 Å². The van der Waals surface area contributed by atoms with Gasteiger partial charge in [0.05, 0.1) is 6.04 Å². The van der Waals surface area contributed by atoms with Gasteiger partial charge >= 0.3 is 5.97 Å². The SMILES string of the molecule is CC[C@H]1CCN(C(C(=O)OC(C)(C)C)[C@@H]2CCCN2)[C@@H]1C(=O)NCc1cccc(Cl)c1. The van der Waals surface area contributed by atoms with E-state index in [-0.39, 0.29) is 29.9 Å². The summed E-state index contributed by atoms with van der Waals surface area (Å²) in [6, 6.07) is 6.71. The molecule has 1 amide bonds. The molecule has 1 unspecified atom stereocenters. The molecule has 0 saturated carbocycles. The minimum absolute atomic E-state index is 0.00804. The Morgan fingerprint density at radius 1 is 1.32 bits per heavy atom. The Hall–Kier alpha value is -1.63. The number of likely N-dealkylation sites (tertiary alicyclic amines) is 1. The van der Waals surface area contributed by atoms with Gasteiger partial charge in [0.25, 0.3) is 0 Å². The number of benzene rings is 1. The van der Waals surface area contributed by atoms with Gasteiger partial charge in [0.2, 0.25) is 5.91 Å². The molecule has 172 valence electrons. The number of ether oxygens (including phenoxy) is 1. The van der Waals surface area contributed by atoms with Crippen molar-refractivity contribution in [1.29, 1.82) is 0 Å². The van der Waals surface area contributed by atoms with Crippen molar-refractivity contribution in [2.75, 3.05) is 13.1 Å². The smallest absolute Gasteiger partial charge is 0.325 e. The van der Waals surface area contributed by atoms with Crippen molar-refractivity contribution in [2.24, 2.45) is 5.92 Å². The minimum Gasteiger partial charge on any atom is -0.459 e. The third kappa shape index (κ3) is 6.21. The van der Waals surface area contributed by atoms with Gasteiger partial charge in [-0.05, 0) is 70.2 Å². The fraction of sp³-hybridized carbons (Fsp3) is 0.667. The second-order valence-corrected chi connectivity index (χ2v) is 10.1. The molecule has 1 aromatic carbocycles. The van der Waals surface area contributed by atoms with Crippen LogP contribution in [0, 0.1) is 5.92 Å². The lowest BCUT2D eigenvalue weighted by molar-refractivity contribution is -0.163. The Morgan fingerprint density at radius 2 is 2.10 bits per heavy atom. The van der Waals surface area contributed by atoms with Crippen LogP contribution in [-0.2, 0) is 20.9 Å². The molecule has 3 rings (SSSR count). The summed E-state index contributed by atoms with van der Waals surface area (Å²) >= 11 is 6.08. The van der Waals surface area contributed by atoms with Crippen LogP contribution >= 0.6 is 11.6 Å². The van der Waals surface area contributed by atoms with Crippen LogP contribution in [0.15, 0.2) is 24.3 Å². The molecule has 2 aliphatic rings. The number of carbonyl (C=O) groups is 2. The number of rotatable bonds is 7. The quantitative estimate of drug-likeness (QED) is 0.623. The van der Waals surface area contributed by atoms with E-state index in [9.17, 15) is 9.59 Å². The van der Waals surface area contributed by atoms with E-state index in [0.29, 0.717) is 11.6 Å². The van der Waals surface area contributed by atoms with Gasteiger partial charge in [-0.25, -0.2) is 0 Å². The average Bonchev–Trinajstić information content (AvgIpc) is 3.35. The first kappa shape index (κ1) is 24.0. The maximum Gasteiger partial charge on any atom is 0.325 e. The van der Waals surface area contributed by atoms with Crippen LogP contribution in [0.1, 0.15) is 58.9 Å². The maximum atomic E-state index is 13.4. The zero-order valence-corrected chi connectivity index (χ0v) is 19.9. The summed E-state index contributed by atoms with van der Waals surface area (Å²) < 4.78 is 5.80. The lowest BCUT2D eigenvalue weighted by atomic mass is 9.95. The van der Waals surface area contributed by atoms with Crippen molar-refractivity contribution in [3.8, 4) is 0 Å². The highest BCUT2D eigenvalue weighted by molar-refractivity contribution is 6.30. The summed E-state index contributed by atoms with van der Waals surface area (Å²) in [4.78, 5) is 28.7. The van der Waals surface area contributed by atoms with E-state index in [2.05, 4.69) is 22.5 Å². The Labute approximate surface area is 191 Å². The molecule has 1 aromatic rings. The Kier molecular flexibility index (Phi) is 8.00. The standard InChI is InChI=1S/C24H36ClN3O3/c1-5-17-11-13-28(20(17)22(29)27-15-16-8-6-9-18(25)14-16)21(19-10-7-12-26-19)23(30)31-24(2,3)4/h6,8-9,14,17,19-21,26H,5,7,10-13,15H2,1-4H3,(H,27,29)/t17-,19-,20-,21?/m0/s1. The van der Waals surface area contributed by atoms with Crippen LogP contribution in [0.5, 0.6) is 0 Å². The van der Waals surface area contributed by atoms with Crippen molar-refractivity contribution in [2.45, 2.75) is 83.6 Å². The molecule has 0 bridgehead atoms. The van der Waals surface area contributed by atoms with Gasteiger partial charge in [0, 0.05) is 24.2 Å². The molecule has 0 aromatic heterocycles. The second-order valence-electron chi connectivity index (χ2n) is 9.67. The second kappa shape index (κ2) is 10.3. The molecule has 2 heterocycles. The number of carbonyl (C=O) groups excluding carboxylic acids is 2. The monoisotopic (exact) mass is 449 g/mol. The zero-order valence-electron chi connectivity index (χ0n) is 19.1. The van der Waals surface area contributed by atoms with Crippen molar-refractivity contribution in [3.63, 3.8) is 0 Å². The van der Waals surface area contributed by atoms with Crippen molar-refractivity contribution < 1.29 is 14.3 Å². The fourth-order valence-electron chi connectivity index (χ4n) is 4.80. The van der Waals surface area contributed by atoms with Gasteiger partial charge in [-0.3, -0.25) is 14.5 Å². The number of hydrogen-bond donors (Lipinski definition) is 2. The fourth-order valence-corrected chi connectivity index (χ4v) is 5.01. The zero-order chi connectivity index (χ0) is 22.6. The van der Waals surface area contributed by atoms with E-state index in [1.54, 1.807) is 0 Å². The molecular weight excluding hydrogens is 414 g/mol. The van der Waals surface area contributed by atoms with Gasteiger partial charge in [0.1, 0.15) is 11.6 Å². The van der Waals surface area contributed by atoms with Gasteiger partial charge in [-0.2, -0.15) is 0 Å². The van der Waals surface area contributed by atoms with E-state index in [1.165, 1.54) is 0 Å². The molecule has 6 nitrogen and oxygen atoms in total. The first-order chi connectivity index (χ1) is 14.7. The average molecular weight is 450 g/mol. The topological polar surface area (TPSA) is 70.7 Å². The van der Waals surface area contributed by atoms with E-state index >= 15 is 0 Å². The number of nitrogens with zero attached hydrogens (tertiary/aromatic N) is 1. The molecule has 0 radical (unpaired) electrons. The van der Waals surface area contributed by atoms with E-state index in [0.717, 1.165) is 44.3 Å².